The molecule has 2 atom stereocenters. The molecule has 3 heteroatoms. The van der Waals surface area contributed by atoms with Gasteiger partial charge in [-0.25, -0.2) is 4.39 Å². The standard InChI is InChI=1S/C4H11FN2/c1-3(6)2-4(5)7/h3-4H,2,6-7H2,1H3. The highest BCUT2D eigenvalue weighted by Crippen LogP contribution is 1.90. The van der Waals surface area contributed by atoms with Crippen LogP contribution in [-0.2, 0) is 0 Å². The lowest BCUT2D eigenvalue weighted by Crippen LogP contribution is -2.25. The van der Waals surface area contributed by atoms with Crippen LogP contribution in [0.15, 0.2) is 0 Å². The molecule has 4 N–H and O–H groups in total. The highest BCUT2D eigenvalue weighted by Gasteiger charge is 1.99. The first-order valence-corrected chi connectivity index (χ1v) is 2.28. The Balaban J connectivity index is 2.95. The van der Waals surface area contributed by atoms with Crippen LogP contribution < -0.4 is 11.5 Å². The molecule has 2 nitrogen and oxygen atoms in total. The van der Waals surface area contributed by atoms with Gasteiger partial charge in [-0.2, -0.15) is 0 Å². The van der Waals surface area contributed by atoms with Gasteiger partial charge >= 0.3 is 0 Å². The van der Waals surface area contributed by atoms with Crippen molar-refractivity contribution < 1.29 is 4.39 Å². The molecule has 0 aliphatic heterocycles. The van der Waals surface area contributed by atoms with Crippen molar-refractivity contribution in [2.45, 2.75) is 25.7 Å². The zero-order valence-electron chi connectivity index (χ0n) is 4.39. The molecule has 0 spiro atoms. The molecule has 0 aromatic carbocycles. The molecule has 0 aliphatic rings. The van der Waals surface area contributed by atoms with E-state index in [0.29, 0.717) is 0 Å². The van der Waals surface area contributed by atoms with Gasteiger partial charge in [0.05, 0.1) is 0 Å². The Labute approximate surface area is 42.7 Å². The lowest BCUT2D eigenvalue weighted by molar-refractivity contribution is 0.309. The fraction of sp³-hybridized carbons (Fsp3) is 1.00. The monoisotopic (exact) mass is 106 g/mol. The number of nitrogens with two attached hydrogens (primary N) is 2. The Morgan fingerprint density at radius 2 is 2.00 bits per heavy atom. The highest BCUT2D eigenvalue weighted by atomic mass is 19.1. The molecule has 0 rings (SSSR count). The zero-order valence-corrected chi connectivity index (χ0v) is 4.39. The van der Waals surface area contributed by atoms with Crippen LogP contribution in [0.25, 0.3) is 0 Å². The van der Waals surface area contributed by atoms with Gasteiger partial charge in [-0.15, -0.1) is 0 Å². The quantitative estimate of drug-likeness (QED) is 0.486. The van der Waals surface area contributed by atoms with E-state index in [9.17, 15) is 4.39 Å². The lowest BCUT2D eigenvalue weighted by atomic mass is 10.2. The van der Waals surface area contributed by atoms with Crippen LogP contribution in [0.5, 0.6) is 0 Å². The minimum atomic E-state index is -1.25. The van der Waals surface area contributed by atoms with Crippen molar-refractivity contribution in [3.63, 3.8) is 0 Å². The van der Waals surface area contributed by atoms with Crippen LogP contribution in [0.1, 0.15) is 13.3 Å². The molecule has 0 aromatic heterocycles. The van der Waals surface area contributed by atoms with Gasteiger partial charge in [0.15, 0.2) is 0 Å². The summed E-state index contributed by atoms with van der Waals surface area (Å²) in [5.41, 5.74) is 9.92. The predicted molar refractivity (Wildman–Crippen MR) is 27.3 cm³/mol. The van der Waals surface area contributed by atoms with Gasteiger partial charge in [0.1, 0.15) is 6.30 Å². The molecule has 0 amide bonds. The molecule has 0 saturated carbocycles. The second kappa shape index (κ2) is 2.93. The third-order valence-electron chi connectivity index (χ3n) is 0.597. The average molecular weight is 106 g/mol. The van der Waals surface area contributed by atoms with Crippen LogP contribution in [0, 0.1) is 0 Å². The zero-order chi connectivity index (χ0) is 5.86. The third kappa shape index (κ3) is 5.85. The van der Waals surface area contributed by atoms with E-state index in [1.54, 1.807) is 6.92 Å². The number of hydrogen-bond acceptors (Lipinski definition) is 2. The van der Waals surface area contributed by atoms with Gasteiger partial charge in [-0.3, -0.25) is 0 Å². The van der Waals surface area contributed by atoms with Gasteiger partial charge < -0.3 is 11.5 Å². The molecule has 0 bridgehead atoms. The second-order valence-electron chi connectivity index (χ2n) is 1.73. The van der Waals surface area contributed by atoms with E-state index in [1.807, 2.05) is 0 Å². The predicted octanol–water partition coefficient (Wildman–Crippen LogP) is -0.0220. The van der Waals surface area contributed by atoms with Crippen LogP contribution in [0.2, 0.25) is 0 Å². The van der Waals surface area contributed by atoms with Crippen LogP contribution >= 0.6 is 0 Å². The molecule has 0 aliphatic carbocycles. The Hall–Kier alpha value is -0.150. The molecule has 0 saturated heterocycles. The topological polar surface area (TPSA) is 52.0 Å². The summed E-state index contributed by atoms with van der Waals surface area (Å²) >= 11 is 0. The molecule has 7 heavy (non-hydrogen) atoms. The molecular weight excluding hydrogens is 95.1 g/mol. The van der Waals surface area contributed by atoms with Gasteiger partial charge in [-0.05, 0) is 6.92 Å². The average Bonchev–Trinajstić information content (AvgIpc) is 1.27. The van der Waals surface area contributed by atoms with Crippen LogP contribution in [0.4, 0.5) is 4.39 Å². The first kappa shape index (κ1) is 6.85. The first-order chi connectivity index (χ1) is 3.13. The van der Waals surface area contributed by atoms with Gasteiger partial charge in [0, 0.05) is 12.5 Å². The molecule has 44 valence electrons. The summed E-state index contributed by atoms with van der Waals surface area (Å²) in [6.45, 7) is 1.72. The van der Waals surface area contributed by atoms with Gasteiger partial charge in [0.2, 0.25) is 0 Å². The van der Waals surface area contributed by atoms with Gasteiger partial charge in [0.25, 0.3) is 0 Å². The van der Waals surface area contributed by atoms with Crippen molar-refractivity contribution in [2.24, 2.45) is 11.5 Å². The molecular formula is C4H11FN2. The van der Waals surface area contributed by atoms with Crippen molar-refractivity contribution in [1.82, 2.24) is 0 Å². The van der Waals surface area contributed by atoms with E-state index in [2.05, 4.69) is 0 Å². The normalized spacial score (nSPS) is 18.9. The number of alkyl halides is 1. The fourth-order valence-corrected chi connectivity index (χ4v) is 0.355. The van der Waals surface area contributed by atoms with E-state index >= 15 is 0 Å². The van der Waals surface area contributed by atoms with Crippen LogP contribution in [0.3, 0.4) is 0 Å². The van der Waals surface area contributed by atoms with Crippen molar-refractivity contribution >= 4 is 0 Å². The molecule has 0 fully saturated rings. The summed E-state index contributed by atoms with van der Waals surface area (Å²) in [5.74, 6) is 0. The summed E-state index contributed by atoms with van der Waals surface area (Å²) in [6.07, 6.45) is -1.00. The Kier molecular flexibility index (Phi) is 2.87. The number of rotatable bonds is 2. The first-order valence-electron chi connectivity index (χ1n) is 2.28. The Morgan fingerprint density at radius 3 is 2.00 bits per heavy atom. The summed E-state index contributed by atoms with van der Waals surface area (Å²) in [5, 5.41) is 0. The SMILES string of the molecule is CC(N)CC(N)F. The van der Waals surface area contributed by atoms with Crippen LogP contribution in [-0.4, -0.2) is 12.3 Å². The summed E-state index contributed by atoms with van der Waals surface area (Å²) in [4.78, 5) is 0. The van der Waals surface area contributed by atoms with Gasteiger partial charge in [-0.1, -0.05) is 0 Å². The molecule has 0 aromatic rings. The summed E-state index contributed by atoms with van der Waals surface area (Å²) in [7, 11) is 0. The Morgan fingerprint density at radius 1 is 1.57 bits per heavy atom. The van der Waals surface area contributed by atoms with Crippen molar-refractivity contribution in [1.29, 1.82) is 0 Å². The molecule has 2 unspecified atom stereocenters. The number of halogens is 1. The van der Waals surface area contributed by atoms with Crippen molar-refractivity contribution in [3.8, 4) is 0 Å². The van der Waals surface area contributed by atoms with Crippen molar-refractivity contribution in [2.75, 3.05) is 0 Å². The van der Waals surface area contributed by atoms with E-state index in [0.717, 1.165) is 0 Å². The Bertz CT molecular complexity index is 39.0. The molecule has 0 radical (unpaired) electrons. The third-order valence-corrected chi connectivity index (χ3v) is 0.597. The van der Waals surface area contributed by atoms with E-state index in [-0.39, 0.29) is 12.5 Å². The maximum absolute atomic E-state index is 11.6. The summed E-state index contributed by atoms with van der Waals surface area (Å²) < 4.78 is 11.6. The number of hydrogen-bond donors (Lipinski definition) is 2. The largest absolute Gasteiger partial charge is 0.328 e. The maximum atomic E-state index is 11.6. The lowest BCUT2D eigenvalue weighted by Gasteiger charge is -2.02. The van der Waals surface area contributed by atoms with E-state index in [4.69, 9.17) is 11.5 Å². The minimum Gasteiger partial charge on any atom is -0.328 e. The molecule has 0 heterocycles. The minimum absolute atomic E-state index is 0.125. The maximum Gasteiger partial charge on any atom is 0.150 e. The highest BCUT2D eigenvalue weighted by molar-refractivity contribution is 4.55. The van der Waals surface area contributed by atoms with E-state index in [1.165, 1.54) is 0 Å². The second-order valence-corrected chi connectivity index (χ2v) is 1.73. The smallest absolute Gasteiger partial charge is 0.150 e. The van der Waals surface area contributed by atoms with Crippen molar-refractivity contribution in [3.05, 3.63) is 0 Å². The summed E-state index contributed by atoms with van der Waals surface area (Å²) in [6, 6.07) is -0.125. The fourth-order valence-electron chi connectivity index (χ4n) is 0.355. The van der Waals surface area contributed by atoms with E-state index < -0.39 is 6.30 Å².